The standard InChI is InChI=1S/C16H30N4OS/c1-4-7-11-21-12-10-19-16(17-6-3)18-9-8-15-20-13-14(5-2)22-15/h13H,4-12H2,1-3H3,(H2,17,18,19). The predicted molar refractivity (Wildman–Crippen MR) is 94.9 cm³/mol. The number of ether oxygens (including phenoxy) is 1. The van der Waals surface area contributed by atoms with Crippen LogP contribution in [0.4, 0.5) is 0 Å². The number of hydrogen-bond acceptors (Lipinski definition) is 4. The van der Waals surface area contributed by atoms with Gasteiger partial charge >= 0.3 is 0 Å². The highest BCUT2D eigenvalue weighted by Gasteiger charge is 2.01. The van der Waals surface area contributed by atoms with Gasteiger partial charge in [-0.15, -0.1) is 11.3 Å². The van der Waals surface area contributed by atoms with Gasteiger partial charge in [0.1, 0.15) is 0 Å². The van der Waals surface area contributed by atoms with Crippen LogP contribution in [0.3, 0.4) is 0 Å². The van der Waals surface area contributed by atoms with Gasteiger partial charge in [0.2, 0.25) is 0 Å². The van der Waals surface area contributed by atoms with E-state index in [9.17, 15) is 0 Å². The summed E-state index contributed by atoms with van der Waals surface area (Å²) < 4.78 is 5.52. The van der Waals surface area contributed by atoms with Crippen LogP contribution in [-0.2, 0) is 17.6 Å². The zero-order valence-corrected chi connectivity index (χ0v) is 15.0. The largest absolute Gasteiger partial charge is 0.380 e. The van der Waals surface area contributed by atoms with Crippen LogP contribution in [0.1, 0.15) is 43.5 Å². The molecule has 6 heteroatoms. The quantitative estimate of drug-likeness (QED) is 0.373. The molecule has 0 saturated heterocycles. The van der Waals surface area contributed by atoms with Gasteiger partial charge in [-0.05, 0) is 19.8 Å². The number of guanidine groups is 1. The van der Waals surface area contributed by atoms with Crippen LogP contribution in [0.2, 0.25) is 0 Å². The molecular weight excluding hydrogens is 296 g/mol. The Kier molecular flexibility index (Phi) is 10.7. The lowest BCUT2D eigenvalue weighted by molar-refractivity contribution is 0.139. The Morgan fingerprint density at radius 3 is 2.82 bits per heavy atom. The fourth-order valence-corrected chi connectivity index (χ4v) is 2.69. The molecule has 5 nitrogen and oxygen atoms in total. The summed E-state index contributed by atoms with van der Waals surface area (Å²) in [6.07, 6.45) is 6.27. The molecule has 0 unspecified atom stereocenters. The minimum atomic E-state index is 0.683. The maximum atomic E-state index is 5.52. The molecule has 0 aliphatic carbocycles. The third-order valence-corrected chi connectivity index (χ3v) is 4.27. The molecule has 126 valence electrons. The second kappa shape index (κ2) is 12.4. The van der Waals surface area contributed by atoms with Gasteiger partial charge in [0.05, 0.1) is 18.2 Å². The molecule has 0 saturated carbocycles. The number of aryl methyl sites for hydroxylation is 1. The van der Waals surface area contributed by atoms with Crippen LogP contribution in [0.5, 0.6) is 0 Å². The zero-order chi connectivity index (χ0) is 16.0. The number of aromatic nitrogens is 1. The molecule has 0 radical (unpaired) electrons. The van der Waals surface area contributed by atoms with E-state index in [-0.39, 0.29) is 0 Å². The molecule has 1 heterocycles. The van der Waals surface area contributed by atoms with Gasteiger partial charge in [-0.3, -0.25) is 4.99 Å². The number of nitrogens with one attached hydrogen (secondary N) is 2. The van der Waals surface area contributed by atoms with E-state index in [1.807, 2.05) is 6.20 Å². The fraction of sp³-hybridized carbons (Fsp3) is 0.750. The first-order valence-corrected chi connectivity index (χ1v) is 9.15. The molecule has 0 atom stereocenters. The highest BCUT2D eigenvalue weighted by molar-refractivity contribution is 7.11. The molecule has 0 aliphatic rings. The van der Waals surface area contributed by atoms with Crippen LogP contribution in [-0.4, -0.2) is 43.8 Å². The van der Waals surface area contributed by atoms with Gasteiger partial charge in [-0.1, -0.05) is 20.3 Å². The van der Waals surface area contributed by atoms with E-state index in [4.69, 9.17) is 4.74 Å². The molecule has 0 aliphatic heterocycles. The summed E-state index contributed by atoms with van der Waals surface area (Å²) in [5.41, 5.74) is 0. The summed E-state index contributed by atoms with van der Waals surface area (Å²) >= 11 is 1.80. The van der Waals surface area contributed by atoms with Gasteiger partial charge in [-0.2, -0.15) is 0 Å². The minimum absolute atomic E-state index is 0.683. The molecule has 0 bridgehead atoms. The third kappa shape index (κ3) is 8.34. The van der Waals surface area contributed by atoms with Crippen LogP contribution in [0.25, 0.3) is 0 Å². The normalized spacial score (nSPS) is 11.7. The highest BCUT2D eigenvalue weighted by Crippen LogP contribution is 2.13. The summed E-state index contributed by atoms with van der Waals surface area (Å²) in [6, 6.07) is 0. The van der Waals surface area contributed by atoms with Crippen molar-refractivity contribution in [3.05, 3.63) is 16.1 Å². The molecule has 2 N–H and O–H groups in total. The monoisotopic (exact) mass is 326 g/mol. The maximum Gasteiger partial charge on any atom is 0.191 e. The first kappa shape index (κ1) is 18.9. The summed E-state index contributed by atoms with van der Waals surface area (Å²) in [5, 5.41) is 7.79. The Morgan fingerprint density at radius 1 is 1.27 bits per heavy atom. The Bertz CT molecular complexity index is 420. The summed E-state index contributed by atoms with van der Waals surface area (Å²) in [6.45, 7) is 10.3. The first-order chi connectivity index (χ1) is 10.8. The number of rotatable bonds is 11. The average Bonchev–Trinajstić information content (AvgIpc) is 2.98. The van der Waals surface area contributed by atoms with E-state index in [1.165, 1.54) is 16.3 Å². The lowest BCUT2D eigenvalue weighted by atomic mass is 10.4. The lowest BCUT2D eigenvalue weighted by Gasteiger charge is -2.10. The van der Waals surface area contributed by atoms with Crippen molar-refractivity contribution in [1.29, 1.82) is 0 Å². The van der Waals surface area contributed by atoms with Crippen molar-refractivity contribution in [3.8, 4) is 0 Å². The number of hydrogen-bond donors (Lipinski definition) is 2. The molecule has 1 aromatic rings. The van der Waals surface area contributed by atoms with Crippen LogP contribution in [0, 0.1) is 0 Å². The molecule has 1 rings (SSSR count). The van der Waals surface area contributed by atoms with Gasteiger partial charge in [0.25, 0.3) is 0 Å². The molecule has 0 spiro atoms. The smallest absolute Gasteiger partial charge is 0.191 e. The van der Waals surface area contributed by atoms with Crippen molar-refractivity contribution in [2.24, 2.45) is 4.99 Å². The van der Waals surface area contributed by atoms with E-state index >= 15 is 0 Å². The van der Waals surface area contributed by atoms with Gasteiger partial charge in [0, 0.05) is 37.2 Å². The summed E-state index contributed by atoms with van der Waals surface area (Å²) in [5.74, 6) is 0.855. The third-order valence-electron chi connectivity index (χ3n) is 3.07. The maximum absolute atomic E-state index is 5.52. The van der Waals surface area contributed by atoms with Crippen LogP contribution < -0.4 is 10.6 Å². The first-order valence-electron chi connectivity index (χ1n) is 8.33. The lowest BCUT2D eigenvalue weighted by Crippen LogP contribution is -2.38. The van der Waals surface area contributed by atoms with Crippen molar-refractivity contribution < 1.29 is 4.74 Å². The number of aliphatic imine (C=N–C) groups is 1. The Morgan fingerprint density at radius 2 is 2.14 bits per heavy atom. The Balaban J connectivity index is 2.24. The number of nitrogens with zero attached hydrogens (tertiary/aromatic N) is 2. The van der Waals surface area contributed by atoms with E-state index in [0.29, 0.717) is 13.2 Å². The average molecular weight is 327 g/mol. The molecular formula is C16H30N4OS. The Labute approximate surface area is 138 Å². The van der Waals surface area contributed by atoms with E-state index in [1.54, 1.807) is 11.3 Å². The molecule has 1 aromatic heterocycles. The fourth-order valence-electron chi connectivity index (χ4n) is 1.83. The van der Waals surface area contributed by atoms with Crippen molar-refractivity contribution in [2.75, 3.05) is 32.8 Å². The predicted octanol–water partition coefficient (Wildman–Crippen LogP) is 2.62. The van der Waals surface area contributed by atoms with Gasteiger partial charge in [-0.25, -0.2) is 4.98 Å². The zero-order valence-electron chi connectivity index (χ0n) is 14.2. The summed E-state index contributed by atoms with van der Waals surface area (Å²) in [7, 11) is 0. The van der Waals surface area contributed by atoms with E-state index in [0.717, 1.165) is 44.9 Å². The molecule has 22 heavy (non-hydrogen) atoms. The van der Waals surface area contributed by atoms with Gasteiger partial charge in [0.15, 0.2) is 5.96 Å². The van der Waals surface area contributed by atoms with E-state index < -0.39 is 0 Å². The summed E-state index contributed by atoms with van der Waals surface area (Å²) in [4.78, 5) is 10.3. The second-order valence-corrected chi connectivity index (χ2v) is 6.18. The van der Waals surface area contributed by atoms with Crippen molar-refractivity contribution in [2.45, 2.75) is 46.5 Å². The minimum Gasteiger partial charge on any atom is -0.380 e. The van der Waals surface area contributed by atoms with Crippen LogP contribution in [0.15, 0.2) is 11.2 Å². The molecule has 0 aromatic carbocycles. The van der Waals surface area contributed by atoms with Crippen molar-refractivity contribution in [3.63, 3.8) is 0 Å². The number of thiazole rings is 1. The van der Waals surface area contributed by atoms with Gasteiger partial charge < -0.3 is 15.4 Å². The molecule has 0 fully saturated rings. The molecule has 0 amide bonds. The Hall–Kier alpha value is -1.14. The van der Waals surface area contributed by atoms with Crippen LogP contribution >= 0.6 is 11.3 Å². The second-order valence-electron chi connectivity index (χ2n) is 4.98. The van der Waals surface area contributed by atoms with Crippen molar-refractivity contribution in [1.82, 2.24) is 15.6 Å². The SMILES string of the molecule is CCCCOCCN=C(NCC)NCCc1ncc(CC)s1. The number of unbranched alkanes of at least 4 members (excludes halogenated alkanes) is 1. The highest BCUT2D eigenvalue weighted by atomic mass is 32.1. The van der Waals surface area contributed by atoms with Crippen molar-refractivity contribution >= 4 is 17.3 Å². The topological polar surface area (TPSA) is 58.5 Å². The van der Waals surface area contributed by atoms with E-state index in [2.05, 4.69) is 41.4 Å².